The van der Waals surface area contributed by atoms with E-state index in [1.54, 1.807) is 0 Å². The van der Waals surface area contributed by atoms with Crippen molar-refractivity contribution in [2.24, 2.45) is 0 Å². The fraction of sp³-hybridized carbons (Fsp3) is 0.417. The van der Waals surface area contributed by atoms with Gasteiger partial charge in [0.2, 0.25) is 0 Å². The SMILES string of the molecule is [NH3+][C@@H](CCC(=O)[O-])c1ccc2c(c1)OCCO2. The van der Waals surface area contributed by atoms with E-state index in [0.717, 1.165) is 11.3 Å². The molecule has 1 aliphatic heterocycles. The van der Waals surface area contributed by atoms with Crippen molar-refractivity contribution >= 4 is 5.97 Å². The average molecular weight is 237 g/mol. The second-order valence-electron chi connectivity index (χ2n) is 4.01. The van der Waals surface area contributed by atoms with Crippen LogP contribution in [0.1, 0.15) is 24.4 Å². The number of quaternary nitrogens is 1. The maximum Gasteiger partial charge on any atom is 0.161 e. The summed E-state index contributed by atoms with van der Waals surface area (Å²) < 4.78 is 10.9. The molecule has 0 fully saturated rings. The summed E-state index contributed by atoms with van der Waals surface area (Å²) in [5.41, 5.74) is 4.90. The van der Waals surface area contributed by atoms with Crippen molar-refractivity contribution < 1.29 is 25.1 Å². The molecule has 1 aromatic rings. The number of hydrogen-bond acceptors (Lipinski definition) is 4. The van der Waals surface area contributed by atoms with Crippen LogP contribution in [0.15, 0.2) is 18.2 Å². The molecule has 0 saturated carbocycles. The van der Waals surface area contributed by atoms with Crippen LogP contribution in [0.2, 0.25) is 0 Å². The molecule has 0 aromatic heterocycles. The normalized spacial score (nSPS) is 15.4. The highest BCUT2D eigenvalue weighted by molar-refractivity contribution is 5.64. The molecule has 0 radical (unpaired) electrons. The van der Waals surface area contributed by atoms with E-state index in [9.17, 15) is 9.90 Å². The van der Waals surface area contributed by atoms with Crippen LogP contribution >= 0.6 is 0 Å². The third kappa shape index (κ3) is 2.88. The Morgan fingerprint density at radius 3 is 2.76 bits per heavy atom. The lowest BCUT2D eigenvalue weighted by atomic mass is 10.0. The molecular formula is C12H15NO4. The molecule has 17 heavy (non-hydrogen) atoms. The first-order valence-electron chi connectivity index (χ1n) is 5.59. The second-order valence-corrected chi connectivity index (χ2v) is 4.01. The molecule has 5 heteroatoms. The molecule has 0 aliphatic carbocycles. The summed E-state index contributed by atoms with van der Waals surface area (Å²) in [6.45, 7) is 1.10. The smallest absolute Gasteiger partial charge is 0.161 e. The molecule has 3 N–H and O–H groups in total. The highest BCUT2D eigenvalue weighted by Crippen LogP contribution is 2.32. The van der Waals surface area contributed by atoms with Gasteiger partial charge in [-0.05, 0) is 24.6 Å². The van der Waals surface area contributed by atoms with E-state index in [1.807, 2.05) is 18.2 Å². The summed E-state index contributed by atoms with van der Waals surface area (Å²) in [5.74, 6) is 0.388. The van der Waals surface area contributed by atoms with Crippen molar-refractivity contribution in [3.05, 3.63) is 23.8 Å². The van der Waals surface area contributed by atoms with Gasteiger partial charge in [-0.2, -0.15) is 0 Å². The Kier molecular flexibility index (Phi) is 3.49. The standard InChI is InChI=1S/C12H15NO4/c13-9(2-4-12(14)15)8-1-3-10-11(7-8)17-6-5-16-10/h1,3,7,9H,2,4-6,13H2,(H,14,15)/t9-/m0/s1. The predicted octanol–water partition coefficient (Wildman–Crippen LogP) is -0.729. The van der Waals surface area contributed by atoms with Crippen LogP contribution in [0.5, 0.6) is 11.5 Å². The maximum absolute atomic E-state index is 10.4. The number of ether oxygens (including phenoxy) is 2. The van der Waals surface area contributed by atoms with E-state index in [-0.39, 0.29) is 12.5 Å². The van der Waals surface area contributed by atoms with Crippen LogP contribution < -0.4 is 20.3 Å². The van der Waals surface area contributed by atoms with Crippen LogP contribution in [0.4, 0.5) is 0 Å². The van der Waals surface area contributed by atoms with Crippen molar-refractivity contribution in [2.45, 2.75) is 18.9 Å². The minimum atomic E-state index is -1.05. The van der Waals surface area contributed by atoms with Crippen LogP contribution in [-0.4, -0.2) is 19.2 Å². The van der Waals surface area contributed by atoms with Crippen molar-refractivity contribution in [1.82, 2.24) is 0 Å². The van der Waals surface area contributed by atoms with Crippen LogP contribution in [-0.2, 0) is 4.79 Å². The topological polar surface area (TPSA) is 86.2 Å². The van der Waals surface area contributed by atoms with E-state index in [2.05, 4.69) is 5.73 Å². The molecule has 0 spiro atoms. The molecule has 0 saturated heterocycles. The zero-order chi connectivity index (χ0) is 12.3. The molecule has 1 aromatic carbocycles. The van der Waals surface area contributed by atoms with Crippen LogP contribution in [0.25, 0.3) is 0 Å². The third-order valence-corrected chi connectivity index (χ3v) is 2.73. The minimum absolute atomic E-state index is 0.0165. The lowest BCUT2D eigenvalue weighted by Gasteiger charge is -2.19. The van der Waals surface area contributed by atoms with E-state index in [1.165, 1.54) is 0 Å². The number of carbonyl (C=O) groups is 1. The number of carboxylic acid groups (broad SMARTS) is 1. The quantitative estimate of drug-likeness (QED) is 0.748. The minimum Gasteiger partial charge on any atom is -0.550 e. The van der Waals surface area contributed by atoms with E-state index in [4.69, 9.17) is 9.47 Å². The van der Waals surface area contributed by atoms with Crippen LogP contribution in [0, 0.1) is 0 Å². The molecule has 0 amide bonds. The van der Waals surface area contributed by atoms with Gasteiger partial charge in [0, 0.05) is 18.0 Å². The number of hydrogen-bond donors (Lipinski definition) is 1. The second kappa shape index (κ2) is 5.05. The summed E-state index contributed by atoms with van der Waals surface area (Å²) in [4.78, 5) is 10.4. The van der Waals surface area contributed by atoms with Gasteiger partial charge in [0.25, 0.3) is 0 Å². The molecule has 92 valence electrons. The van der Waals surface area contributed by atoms with Gasteiger partial charge < -0.3 is 25.1 Å². The molecule has 1 aliphatic rings. The predicted molar refractivity (Wildman–Crippen MR) is 57.3 cm³/mol. The molecule has 0 unspecified atom stereocenters. The molecular weight excluding hydrogens is 222 g/mol. The number of carboxylic acids is 1. The van der Waals surface area contributed by atoms with Crippen molar-refractivity contribution in [1.29, 1.82) is 0 Å². The zero-order valence-corrected chi connectivity index (χ0v) is 9.48. The average Bonchev–Trinajstić information content (AvgIpc) is 2.35. The van der Waals surface area contributed by atoms with Crippen LogP contribution in [0.3, 0.4) is 0 Å². The Morgan fingerprint density at radius 1 is 1.35 bits per heavy atom. The summed E-state index contributed by atoms with van der Waals surface area (Å²) in [7, 11) is 0. The molecule has 1 atom stereocenters. The summed E-state index contributed by atoms with van der Waals surface area (Å²) in [5, 5.41) is 10.4. The van der Waals surface area contributed by atoms with Gasteiger partial charge in [-0.3, -0.25) is 0 Å². The Morgan fingerprint density at radius 2 is 2.06 bits per heavy atom. The highest BCUT2D eigenvalue weighted by atomic mass is 16.6. The summed E-state index contributed by atoms with van der Waals surface area (Å²) in [6, 6.07) is 5.51. The Labute approximate surface area is 99.1 Å². The first-order valence-corrected chi connectivity index (χ1v) is 5.59. The van der Waals surface area contributed by atoms with Gasteiger partial charge in [-0.25, -0.2) is 0 Å². The zero-order valence-electron chi connectivity index (χ0n) is 9.48. The van der Waals surface area contributed by atoms with Gasteiger partial charge >= 0.3 is 0 Å². The number of aliphatic carboxylic acids is 1. The van der Waals surface area contributed by atoms with E-state index < -0.39 is 5.97 Å². The number of benzene rings is 1. The maximum atomic E-state index is 10.4. The lowest BCUT2D eigenvalue weighted by Crippen LogP contribution is -2.53. The number of fused-ring (bicyclic) bond motifs is 1. The Bertz CT molecular complexity index is 419. The van der Waals surface area contributed by atoms with Crippen molar-refractivity contribution in [3.63, 3.8) is 0 Å². The number of rotatable bonds is 4. The van der Waals surface area contributed by atoms with Gasteiger partial charge in [0.1, 0.15) is 19.3 Å². The van der Waals surface area contributed by atoms with E-state index in [0.29, 0.717) is 25.4 Å². The number of carbonyl (C=O) groups excluding carboxylic acids is 1. The monoisotopic (exact) mass is 237 g/mol. The molecule has 0 bridgehead atoms. The largest absolute Gasteiger partial charge is 0.550 e. The fourth-order valence-electron chi connectivity index (χ4n) is 1.77. The van der Waals surface area contributed by atoms with Crippen molar-refractivity contribution in [3.8, 4) is 11.5 Å². The van der Waals surface area contributed by atoms with Crippen molar-refractivity contribution in [2.75, 3.05) is 13.2 Å². The fourth-order valence-corrected chi connectivity index (χ4v) is 1.77. The summed E-state index contributed by atoms with van der Waals surface area (Å²) >= 11 is 0. The highest BCUT2D eigenvalue weighted by Gasteiger charge is 2.16. The molecule has 5 nitrogen and oxygen atoms in total. The van der Waals surface area contributed by atoms with Gasteiger partial charge in [0.15, 0.2) is 11.5 Å². The Hall–Kier alpha value is -1.75. The van der Waals surface area contributed by atoms with Gasteiger partial charge in [-0.1, -0.05) is 0 Å². The lowest BCUT2D eigenvalue weighted by molar-refractivity contribution is -0.428. The molecule has 1 heterocycles. The van der Waals surface area contributed by atoms with Gasteiger partial charge in [0.05, 0.1) is 0 Å². The Balaban J connectivity index is 2.08. The van der Waals surface area contributed by atoms with Gasteiger partial charge in [-0.15, -0.1) is 0 Å². The summed E-state index contributed by atoms with van der Waals surface area (Å²) in [6.07, 6.45) is 0.477. The molecule has 2 rings (SSSR count). The first-order chi connectivity index (χ1) is 8.16. The van der Waals surface area contributed by atoms with E-state index >= 15 is 0 Å². The first kappa shape index (κ1) is 11.7. The third-order valence-electron chi connectivity index (χ3n) is 2.73.